The van der Waals surface area contributed by atoms with Gasteiger partial charge in [0.2, 0.25) is 0 Å². The summed E-state index contributed by atoms with van der Waals surface area (Å²) < 4.78 is 4.64. The number of benzene rings is 1. The molecule has 0 bridgehead atoms. The summed E-state index contributed by atoms with van der Waals surface area (Å²) in [4.78, 5) is 0. The van der Waals surface area contributed by atoms with E-state index in [1.807, 2.05) is 6.92 Å². The number of hydrogen-bond donors (Lipinski definition) is 1. The van der Waals surface area contributed by atoms with E-state index in [9.17, 15) is 0 Å². The van der Waals surface area contributed by atoms with Gasteiger partial charge >= 0.3 is 0 Å². The monoisotopic (exact) mass is 231 g/mol. The highest BCUT2D eigenvalue weighted by Gasteiger charge is 2.03. The van der Waals surface area contributed by atoms with Crippen LogP contribution in [-0.4, -0.2) is 16.9 Å². The Morgan fingerprint density at radius 1 is 1.24 bits per heavy atom. The van der Waals surface area contributed by atoms with Crippen molar-refractivity contribution in [2.75, 3.05) is 6.54 Å². The molecule has 4 nitrogen and oxygen atoms in total. The fourth-order valence-electron chi connectivity index (χ4n) is 1.72. The first-order chi connectivity index (χ1) is 8.25. The van der Waals surface area contributed by atoms with E-state index in [1.165, 1.54) is 11.1 Å². The average Bonchev–Trinajstić information content (AvgIpc) is 2.71. The van der Waals surface area contributed by atoms with Gasteiger partial charge in [0.05, 0.1) is 0 Å². The number of nitrogens with one attached hydrogen (secondary N) is 1. The largest absolute Gasteiger partial charge is 0.311 e. The lowest BCUT2D eigenvalue weighted by Gasteiger charge is -2.04. The maximum Gasteiger partial charge on any atom is 0.121 e. The lowest BCUT2D eigenvalue weighted by atomic mass is 10.1. The predicted molar refractivity (Wildman–Crippen MR) is 65.6 cm³/mol. The van der Waals surface area contributed by atoms with E-state index in [4.69, 9.17) is 0 Å². The fraction of sp³-hybridized carbons (Fsp3) is 0.385. The standard InChI is InChI=1S/C13H17N3O/c1-10-4-3-5-12(8-10)6-7-14-9-13-11(2)15-17-16-13/h3-5,8,14H,6-7,9H2,1-2H3. The van der Waals surface area contributed by atoms with Crippen molar-refractivity contribution in [1.29, 1.82) is 0 Å². The van der Waals surface area contributed by atoms with Gasteiger partial charge in [-0.3, -0.25) is 0 Å². The molecule has 4 heteroatoms. The van der Waals surface area contributed by atoms with Gasteiger partial charge < -0.3 is 5.32 Å². The Bertz CT molecular complexity index is 479. The van der Waals surface area contributed by atoms with Gasteiger partial charge in [-0.05, 0) is 32.4 Å². The summed E-state index contributed by atoms with van der Waals surface area (Å²) in [6.07, 6.45) is 1.02. The zero-order valence-electron chi connectivity index (χ0n) is 10.2. The molecule has 0 amide bonds. The third-order valence-electron chi connectivity index (χ3n) is 2.71. The molecule has 0 saturated heterocycles. The molecule has 0 aliphatic carbocycles. The minimum absolute atomic E-state index is 0.709. The molecule has 1 heterocycles. The summed E-state index contributed by atoms with van der Waals surface area (Å²) in [5.74, 6) is 0. The number of rotatable bonds is 5. The SMILES string of the molecule is Cc1cccc(CCNCc2nonc2C)c1. The highest BCUT2D eigenvalue weighted by Crippen LogP contribution is 2.04. The van der Waals surface area contributed by atoms with Gasteiger partial charge in [0.15, 0.2) is 0 Å². The second kappa shape index (κ2) is 5.59. The lowest BCUT2D eigenvalue weighted by Crippen LogP contribution is -2.17. The number of aryl methyl sites for hydroxylation is 2. The number of nitrogens with zero attached hydrogens (tertiary/aromatic N) is 2. The molecule has 1 aromatic heterocycles. The van der Waals surface area contributed by atoms with Crippen LogP contribution in [0.25, 0.3) is 0 Å². The van der Waals surface area contributed by atoms with Crippen molar-refractivity contribution in [2.24, 2.45) is 0 Å². The van der Waals surface area contributed by atoms with Crippen LogP contribution in [0, 0.1) is 13.8 Å². The Kier molecular flexibility index (Phi) is 3.88. The molecular formula is C13H17N3O. The molecule has 90 valence electrons. The van der Waals surface area contributed by atoms with Crippen molar-refractivity contribution >= 4 is 0 Å². The molecule has 0 aliphatic heterocycles. The second-order valence-corrected chi connectivity index (χ2v) is 4.21. The van der Waals surface area contributed by atoms with Crippen LogP contribution in [0.4, 0.5) is 0 Å². The Labute approximate surface area is 101 Å². The molecule has 17 heavy (non-hydrogen) atoms. The van der Waals surface area contributed by atoms with Crippen LogP contribution in [0.5, 0.6) is 0 Å². The van der Waals surface area contributed by atoms with Crippen LogP contribution in [-0.2, 0) is 13.0 Å². The van der Waals surface area contributed by atoms with Crippen molar-refractivity contribution in [2.45, 2.75) is 26.8 Å². The molecule has 1 aromatic carbocycles. The van der Waals surface area contributed by atoms with E-state index < -0.39 is 0 Å². The van der Waals surface area contributed by atoms with Crippen LogP contribution in [0.3, 0.4) is 0 Å². The Hall–Kier alpha value is -1.68. The van der Waals surface area contributed by atoms with Crippen molar-refractivity contribution in [3.8, 4) is 0 Å². The third-order valence-corrected chi connectivity index (χ3v) is 2.71. The van der Waals surface area contributed by atoms with Crippen molar-refractivity contribution in [3.63, 3.8) is 0 Å². The minimum Gasteiger partial charge on any atom is -0.311 e. The molecule has 2 aromatic rings. The van der Waals surface area contributed by atoms with Gasteiger partial charge in [-0.25, -0.2) is 4.63 Å². The second-order valence-electron chi connectivity index (χ2n) is 4.21. The van der Waals surface area contributed by atoms with E-state index in [0.29, 0.717) is 6.54 Å². The zero-order valence-corrected chi connectivity index (χ0v) is 10.2. The first-order valence-electron chi connectivity index (χ1n) is 5.80. The van der Waals surface area contributed by atoms with Crippen molar-refractivity contribution in [1.82, 2.24) is 15.6 Å². The van der Waals surface area contributed by atoms with E-state index in [0.717, 1.165) is 24.4 Å². The molecule has 0 atom stereocenters. The van der Waals surface area contributed by atoms with Crippen LogP contribution in [0.2, 0.25) is 0 Å². The highest BCUT2D eigenvalue weighted by atomic mass is 16.6. The zero-order chi connectivity index (χ0) is 12.1. The molecule has 0 saturated carbocycles. The Balaban J connectivity index is 1.75. The lowest BCUT2D eigenvalue weighted by molar-refractivity contribution is 0.300. The smallest absolute Gasteiger partial charge is 0.121 e. The Morgan fingerprint density at radius 3 is 2.82 bits per heavy atom. The van der Waals surface area contributed by atoms with E-state index >= 15 is 0 Å². The Morgan fingerprint density at radius 2 is 2.12 bits per heavy atom. The molecule has 0 radical (unpaired) electrons. The van der Waals surface area contributed by atoms with E-state index in [2.05, 4.69) is 51.4 Å². The van der Waals surface area contributed by atoms with Gasteiger partial charge in [-0.1, -0.05) is 40.1 Å². The summed E-state index contributed by atoms with van der Waals surface area (Å²) in [5, 5.41) is 10.9. The molecule has 1 N–H and O–H groups in total. The van der Waals surface area contributed by atoms with E-state index in [-0.39, 0.29) is 0 Å². The normalized spacial score (nSPS) is 10.7. The first-order valence-corrected chi connectivity index (χ1v) is 5.80. The van der Waals surface area contributed by atoms with Crippen LogP contribution in [0.1, 0.15) is 22.5 Å². The minimum atomic E-state index is 0.709. The molecule has 0 fully saturated rings. The van der Waals surface area contributed by atoms with Crippen LogP contribution in [0.15, 0.2) is 28.9 Å². The number of aromatic nitrogens is 2. The molecule has 2 rings (SSSR count). The van der Waals surface area contributed by atoms with Crippen molar-refractivity contribution in [3.05, 3.63) is 46.8 Å². The predicted octanol–water partition coefficient (Wildman–Crippen LogP) is 2.02. The molecule has 0 spiro atoms. The van der Waals surface area contributed by atoms with Gasteiger partial charge in [-0.15, -0.1) is 0 Å². The third kappa shape index (κ3) is 3.39. The summed E-state index contributed by atoms with van der Waals surface area (Å²) in [7, 11) is 0. The maximum absolute atomic E-state index is 4.64. The summed E-state index contributed by atoms with van der Waals surface area (Å²) in [6.45, 7) is 5.65. The highest BCUT2D eigenvalue weighted by molar-refractivity contribution is 5.22. The topological polar surface area (TPSA) is 51.0 Å². The maximum atomic E-state index is 4.64. The molecule has 0 unspecified atom stereocenters. The summed E-state index contributed by atoms with van der Waals surface area (Å²) in [6, 6.07) is 8.57. The summed E-state index contributed by atoms with van der Waals surface area (Å²) in [5.41, 5.74) is 4.40. The van der Waals surface area contributed by atoms with Gasteiger partial charge in [0.1, 0.15) is 11.4 Å². The summed E-state index contributed by atoms with van der Waals surface area (Å²) >= 11 is 0. The van der Waals surface area contributed by atoms with Crippen molar-refractivity contribution < 1.29 is 4.63 Å². The van der Waals surface area contributed by atoms with Gasteiger partial charge in [0, 0.05) is 6.54 Å². The molecular weight excluding hydrogens is 214 g/mol. The van der Waals surface area contributed by atoms with Gasteiger partial charge in [0.25, 0.3) is 0 Å². The van der Waals surface area contributed by atoms with Crippen LogP contribution >= 0.6 is 0 Å². The van der Waals surface area contributed by atoms with E-state index in [1.54, 1.807) is 0 Å². The van der Waals surface area contributed by atoms with Gasteiger partial charge in [-0.2, -0.15) is 0 Å². The number of hydrogen-bond acceptors (Lipinski definition) is 4. The molecule has 0 aliphatic rings. The quantitative estimate of drug-likeness (QED) is 0.800. The van der Waals surface area contributed by atoms with Crippen LogP contribution < -0.4 is 5.32 Å². The first kappa shape index (κ1) is 11.8. The fourth-order valence-corrected chi connectivity index (χ4v) is 1.72. The average molecular weight is 231 g/mol.